The highest BCUT2D eigenvalue weighted by molar-refractivity contribution is 9.09. The molecule has 0 N–H and O–H groups in total. The maximum Gasteiger partial charge on any atom is 0.273 e. The molecule has 0 aliphatic carbocycles. The fourth-order valence-corrected chi connectivity index (χ4v) is 2.44. The van der Waals surface area contributed by atoms with Gasteiger partial charge < -0.3 is 4.90 Å². The number of nitrogens with zero attached hydrogens (tertiary/aromatic N) is 2. The van der Waals surface area contributed by atoms with Crippen LogP contribution >= 0.6 is 15.9 Å². The number of alkyl halides is 1. The van der Waals surface area contributed by atoms with Gasteiger partial charge in [0.2, 0.25) is 0 Å². The number of nitro groups is 1. The molecule has 1 fully saturated rings. The smallest absolute Gasteiger partial charge is 0.273 e. The van der Waals surface area contributed by atoms with Crippen molar-refractivity contribution in [1.82, 2.24) is 4.90 Å². The lowest BCUT2D eigenvalue weighted by Gasteiger charge is -2.15. The zero-order chi connectivity index (χ0) is 13.3. The Morgan fingerprint density at radius 1 is 1.50 bits per heavy atom. The van der Waals surface area contributed by atoms with Crippen molar-refractivity contribution in [2.45, 2.75) is 11.2 Å². The number of hydrogen-bond donors (Lipinski definition) is 0. The lowest BCUT2D eigenvalue weighted by Crippen LogP contribution is -2.28. The van der Waals surface area contributed by atoms with Gasteiger partial charge in [0.1, 0.15) is 5.82 Å². The highest BCUT2D eigenvalue weighted by Crippen LogP contribution is 2.22. The molecule has 96 valence electrons. The van der Waals surface area contributed by atoms with Crippen LogP contribution in [0.3, 0.4) is 0 Å². The average molecular weight is 317 g/mol. The van der Waals surface area contributed by atoms with Crippen molar-refractivity contribution in [2.75, 3.05) is 13.1 Å². The fourth-order valence-electron chi connectivity index (χ4n) is 1.89. The normalized spacial score (nSPS) is 19.0. The summed E-state index contributed by atoms with van der Waals surface area (Å²) < 4.78 is 13.2. The molecule has 5 nitrogen and oxygen atoms in total. The Morgan fingerprint density at radius 2 is 2.22 bits per heavy atom. The second-order valence-corrected chi connectivity index (χ2v) is 5.39. The van der Waals surface area contributed by atoms with Gasteiger partial charge in [-0.2, -0.15) is 0 Å². The van der Waals surface area contributed by atoms with Crippen molar-refractivity contribution in [3.63, 3.8) is 0 Å². The van der Waals surface area contributed by atoms with Crippen molar-refractivity contribution in [2.24, 2.45) is 0 Å². The number of nitro benzene ring substituents is 1. The summed E-state index contributed by atoms with van der Waals surface area (Å²) in [4.78, 5) is 23.7. The quantitative estimate of drug-likeness (QED) is 0.478. The van der Waals surface area contributed by atoms with Crippen molar-refractivity contribution >= 4 is 27.5 Å². The van der Waals surface area contributed by atoms with E-state index in [-0.39, 0.29) is 16.3 Å². The summed E-state index contributed by atoms with van der Waals surface area (Å²) in [7, 11) is 0. The summed E-state index contributed by atoms with van der Waals surface area (Å²) in [6.07, 6.45) is 0.823. The first kappa shape index (κ1) is 12.9. The number of halogens is 2. The third-order valence-corrected chi connectivity index (χ3v) is 3.51. The van der Waals surface area contributed by atoms with E-state index in [1.165, 1.54) is 0 Å². The Hall–Kier alpha value is -1.50. The Bertz CT molecular complexity index is 509. The van der Waals surface area contributed by atoms with Crippen LogP contribution in [0.15, 0.2) is 18.2 Å². The second-order valence-electron chi connectivity index (χ2n) is 4.09. The summed E-state index contributed by atoms with van der Waals surface area (Å²) in [6.45, 7) is 1.10. The summed E-state index contributed by atoms with van der Waals surface area (Å²) in [6, 6.07) is 2.93. The van der Waals surface area contributed by atoms with Gasteiger partial charge in [-0.1, -0.05) is 15.9 Å². The monoisotopic (exact) mass is 316 g/mol. The minimum absolute atomic E-state index is 0.0169. The molecule has 1 aliphatic rings. The number of carbonyl (C=O) groups is 1. The van der Waals surface area contributed by atoms with Crippen LogP contribution in [0.4, 0.5) is 10.1 Å². The summed E-state index contributed by atoms with van der Waals surface area (Å²) >= 11 is 3.40. The van der Waals surface area contributed by atoms with Gasteiger partial charge in [0.15, 0.2) is 0 Å². The molecule has 0 spiro atoms. The molecule has 0 aromatic heterocycles. The zero-order valence-corrected chi connectivity index (χ0v) is 10.9. The molecule has 0 radical (unpaired) electrons. The molecule has 2 rings (SSSR count). The third-order valence-electron chi connectivity index (χ3n) is 2.76. The lowest BCUT2D eigenvalue weighted by molar-refractivity contribution is -0.385. The minimum atomic E-state index is -0.776. The molecule has 1 saturated heterocycles. The highest BCUT2D eigenvalue weighted by atomic mass is 79.9. The van der Waals surface area contributed by atoms with Crippen LogP contribution in [-0.2, 0) is 0 Å². The number of non-ortho nitro benzene ring substituents is 1. The number of hydrogen-bond acceptors (Lipinski definition) is 3. The van der Waals surface area contributed by atoms with E-state index < -0.39 is 16.4 Å². The van der Waals surface area contributed by atoms with Crippen LogP contribution in [0, 0.1) is 15.9 Å². The van der Waals surface area contributed by atoms with Gasteiger partial charge in [0.25, 0.3) is 11.6 Å². The van der Waals surface area contributed by atoms with Crippen molar-refractivity contribution in [3.8, 4) is 0 Å². The van der Waals surface area contributed by atoms with Gasteiger partial charge >= 0.3 is 0 Å². The van der Waals surface area contributed by atoms with Gasteiger partial charge in [-0.25, -0.2) is 4.39 Å². The van der Waals surface area contributed by atoms with Crippen LogP contribution in [0.2, 0.25) is 0 Å². The SMILES string of the molecule is O=C(c1cc(F)cc([N+](=O)[O-])c1)N1CCC(Br)C1. The average Bonchev–Trinajstić information content (AvgIpc) is 2.74. The Morgan fingerprint density at radius 3 is 2.78 bits per heavy atom. The van der Waals surface area contributed by atoms with E-state index in [9.17, 15) is 19.3 Å². The Kier molecular flexibility index (Phi) is 3.60. The predicted molar refractivity (Wildman–Crippen MR) is 66.3 cm³/mol. The topological polar surface area (TPSA) is 63.4 Å². The van der Waals surface area contributed by atoms with Crippen LogP contribution in [0.1, 0.15) is 16.8 Å². The number of likely N-dealkylation sites (tertiary alicyclic amines) is 1. The Balaban J connectivity index is 2.27. The van der Waals surface area contributed by atoms with Gasteiger partial charge in [-0.3, -0.25) is 14.9 Å². The maximum absolute atomic E-state index is 13.2. The highest BCUT2D eigenvalue weighted by Gasteiger charge is 2.26. The number of rotatable bonds is 2. The first-order chi connectivity index (χ1) is 8.47. The van der Waals surface area contributed by atoms with E-state index in [1.807, 2.05) is 0 Å². The van der Waals surface area contributed by atoms with Crippen molar-refractivity contribution in [3.05, 3.63) is 39.7 Å². The van der Waals surface area contributed by atoms with E-state index in [0.29, 0.717) is 13.1 Å². The van der Waals surface area contributed by atoms with Gasteiger partial charge in [-0.05, 0) is 12.5 Å². The van der Waals surface area contributed by atoms with Gasteiger partial charge in [0.05, 0.1) is 11.0 Å². The van der Waals surface area contributed by atoms with Crippen molar-refractivity contribution < 1.29 is 14.1 Å². The maximum atomic E-state index is 13.2. The molecule has 1 amide bonds. The number of amides is 1. The molecule has 1 aliphatic heterocycles. The zero-order valence-electron chi connectivity index (χ0n) is 9.31. The molecule has 7 heteroatoms. The third kappa shape index (κ3) is 2.66. The van der Waals surface area contributed by atoms with Crippen LogP contribution in [0.5, 0.6) is 0 Å². The Labute approximate surface area is 111 Å². The molecular formula is C11H10BrFN2O3. The summed E-state index contributed by atoms with van der Waals surface area (Å²) in [5.74, 6) is -1.15. The summed E-state index contributed by atoms with van der Waals surface area (Å²) in [5, 5.41) is 10.6. The standard InChI is InChI=1S/C11H10BrFN2O3/c12-8-1-2-14(6-8)11(16)7-3-9(13)5-10(4-7)15(17)18/h3-5,8H,1-2,6H2. The van der Waals surface area contributed by atoms with E-state index in [4.69, 9.17) is 0 Å². The van der Waals surface area contributed by atoms with Crippen molar-refractivity contribution in [1.29, 1.82) is 0 Å². The first-order valence-corrected chi connectivity index (χ1v) is 6.27. The lowest BCUT2D eigenvalue weighted by atomic mass is 10.1. The molecule has 0 bridgehead atoms. The number of benzene rings is 1. The number of carbonyl (C=O) groups excluding carboxylic acids is 1. The second kappa shape index (κ2) is 5.01. The summed E-state index contributed by atoms with van der Waals surface area (Å²) in [5.41, 5.74) is -0.392. The molecular weight excluding hydrogens is 307 g/mol. The molecule has 1 atom stereocenters. The minimum Gasteiger partial charge on any atom is -0.337 e. The molecule has 18 heavy (non-hydrogen) atoms. The largest absolute Gasteiger partial charge is 0.337 e. The van der Waals surface area contributed by atoms with E-state index >= 15 is 0 Å². The molecule has 1 aromatic carbocycles. The molecule has 0 saturated carbocycles. The van der Waals surface area contributed by atoms with E-state index in [2.05, 4.69) is 15.9 Å². The van der Waals surface area contributed by atoms with Crippen LogP contribution in [0.25, 0.3) is 0 Å². The van der Waals surface area contributed by atoms with E-state index in [0.717, 1.165) is 24.6 Å². The fraction of sp³-hybridized carbons (Fsp3) is 0.364. The molecule has 1 aromatic rings. The predicted octanol–water partition coefficient (Wildman–Crippen LogP) is 2.34. The molecule has 1 unspecified atom stereocenters. The van der Waals surface area contributed by atoms with Gasteiger partial charge in [-0.15, -0.1) is 0 Å². The van der Waals surface area contributed by atoms with Crippen LogP contribution in [-0.4, -0.2) is 33.6 Å². The molecule has 1 heterocycles. The van der Waals surface area contributed by atoms with Crippen LogP contribution < -0.4 is 0 Å². The van der Waals surface area contributed by atoms with Gasteiger partial charge in [0, 0.05) is 29.5 Å². The first-order valence-electron chi connectivity index (χ1n) is 5.35. The van der Waals surface area contributed by atoms with E-state index in [1.54, 1.807) is 4.90 Å².